The molecular weight excluding hydrogens is 372 g/mol. The Morgan fingerprint density at radius 3 is 2.76 bits per heavy atom. The number of nitrogens with one attached hydrogen (secondary N) is 1. The van der Waals surface area contributed by atoms with Gasteiger partial charge in [0.2, 0.25) is 6.10 Å². The average molecular weight is 396 g/mol. The van der Waals surface area contributed by atoms with E-state index in [2.05, 4.69) is 10.5 Å². The minimum absolute atomic E-state index is 0.0865. The van der Waals surface area contributed by atoms with Crippen LogP contribution in [0, 0.1) is 0 Å². The lowest BCUT2D eigenvalue weighted by Gasteiger charge is -2.26. The van der Waals surface area contributed by atoms with Crippen LogP contribution in [0.3, 0.4) is 0 Å². The van der Waals surface area contributed by atoms with E-state index in [9.17, 15) is 4.79 Å². The number of methoxy groups -OCH3 is 1. The molecule has 0 fully saturated rings. The molecule has 0 unspecified atom stereocenters. The van der Waals surface area contributed by atoms with Gasteiger partial charge in [0.1, 0.15) is 18.5 Å². The third-order valence-electron chi connectivity index (χ3n) is 4.92. The predicted molar refractivity (Wildman–Crippen MR) is 108 cm³/mol. The normalized spacial score (nSPS) is 19.8. The van der Waals surface area contributed by atoms with Gasteiger partial charge in [-0.25, -0.2) is 0 Å². The monoisotopic (exact) mass is 396 g/mol. The molecule has 152 valence electrons. The van der Waals surface area contributed by atoms with Crippen molar-refractivity contribution in [3.8, 4) is 17.2 Å². The summed E-state index contributed by atoms with van der Waals surface area (Å²) in [6.07, 6.45) is 1.14. The molecule has 2 aliphatic rings. The molecule has 2 aliphatic heterocycles. The number of oxime groups is 1. The lowest BCUT2D eigenvalue weighted by Crippen LogP contribution is -2.38. The van der Waals surface area contributed by atoms with Crippen LogP contribution in [-0.2, 0) is 16.1 Å². The number of hydrogen-bond donors (Lipinski definition) is 1. The Labute approximate surface area is 169 Å². The van der Waals surface area contributed by atoms with Crippen LogP contribution in [-0.4, -0.2) is 44.1 Å². The fourth-order valence-corrected chi connectivity index (χ4v) is 3.33. The molecule has 0 aromatic heterocycles. The molecule has 1 amide bonds. The lowest BCUT2D eigenvalue weighted by molar-refractivity contribution is -0.131. The van der Waals surface area contributed by atoms with E-state index >= 15 is 0 Å². The van der Waals surface area contributed by atoms with Crippen LogP contribution in [0.4, 0.5) is 0 Å². The summed E-state index contributed by atoms with van der Waals surface area (Å²) in [5.74, 6) is 2.15. The molecule has 2 heterocycles. The number of hydrogen-bond acceptors (Lipinski definition) is 6. The third-order valence-corrected chi connectivity index (χ3v) is 4.92. The highest BCUT2D eigenvalue weighted by atomic mass is 16.6. The zero-order valence-corrected chi connectivity index (χ0v) is 16.3. The molecule has 0 radical (unpaired) electrons. The SMILES string of the molecule is COc1ccc(CC2=NO[C@@H](C(=O)NCC[C@@H]3COc4ccccc4O3)C2)cc1. The van der Waals surface area contributed by atoms with Gasteiger partial charge >= 0.3 is 0 Å². The van der Waals surface area contributed by atoms with E-state index in [0.717, 1.165) is 28.5 Å². The molecule has 2 aromatic carbocycles. The van der Waals surface area contributed by atoms with Crippen molar-refractivity contribution in [3.63, 3.8) is 0 Å². The smallest absolute Gasteiger partial charge is 0.264 e. The van der Waals surface area contributed by atoms with Gasteiger partial charge in [0, 0.05) is 25.8 Å². The molecule has 0 spiro atoms. The third kappa shape index (κ3) is 4.80. The molecule has 2 aromatic rings. The van der Waals surface area contributed by atoms with Crippen LogP contribution < -0.4 is 19.5 Å². The minimum atomic E-state index is -0.576. The van der Waals surface area contributed by atoms with E-state index in [1.807, 2.05) is 48.5 Å². The maximum atomic E-state index is 12.4. The summed E-state index contributed by atoms with van der Waals surface area (Å²) < 4.78 is 16.8. The number of ether oxygens (including phenoxy) is 3. The van der Waals surface area contributed by atoms with Gasteiger partial charge in [0.05, 0.1) is 12.8 Å². The van der Waals surface area contributed by atoms with Crippen molar-refractivity contribution < 1.29 is 23.8 Å². The number of carbonyl (C=O) groups excluding carboxylic acids is 1. The number of para-hydroxylation sites is 2. The molecule has 0 aliphatic carbocycles. The summed E-state index contributed by atoms with van der Waals surface area (Å²) in [7, 11) is 1.64. The number of rotatable bonds is 7. The van der Waals surface area contributed by atoms with Crippen molar-refractivity contribution in [2.24, 2.45) is 5.16 Å². The molecule has 29 heavy (non-hydrogen) atoms. The van der Waals surface area contributed by atoms with Gasteiger partial charge < -0.3 is 24.4 Å². The van der Waals surface area contributed by atoms with E-state index in [-0.39, 0.29) is 12.0 Å². The Kier molecular flexibility index (Phi) is 5.84. The molecule has 7 nitrogen and oxygen atoms in total. The highest BCUT2D eigenvalue weighted by molar-refractivity contribution is 5.93. The van der Waals surface area contributed by atoms with E-state index in [1.54, 1.807) is 7.11 Å². The second-order valence-corrected chi connectivity index (χ2v) is 7.06. The van der Waals surface area contributed by atoms with Gasteiger partial charge in [-0.1, -0.05) is 29.4 Å². The number of fused-ring (bicyclic) bond motifs is 1. The summed E-state index contributed by atoms with van der Waals surface area (Å²) in [4.78, 5) is 17.7. The van der Waals surface area contributed by atoms with E-state index in [1.165, 1.54) is 0 Å². The largest absolute Gasteiger partial charge is 0.497 e. The Hall–Kier alpha value is -3.22. The number of benzene rings is 2. The molecular formula is C22H24N2O5. The molecule has 1 N–H and O–H groups in total. The molecule has 0 saturated heterocycles. The predicted octanol–water partition coefficient (Wildman–Crippen LogP) is 2.73. The summed E-state index contributed by atoms with van der Waals surface area (Å²) in [6, 6.07) is 15.4. The Morgan fingerprint density at radius 2 is 1.97 bits per heavy atom. The van der Waals surface area contributed by atoms with Gasteiger partial charge in [0.25, 0.3) is 5.91 Å². The van der Waals surface area contributed by atoms with Gasteiger partial charge in [-0.05, 0) is 29.8 Å². The van der Waals surface area contributed by atoms with Crippen LogP contribution in [0.25, 0.3) is 0 Å². The Balaban J connectivity index is 1.18. The molecule has 0 saturated carbocycles. The zero-order valence-electron chi connectivity index (χ0n) is 16.3. The maximum Gasteiger partial charge on any atom is 0.264 e. The highest BCUT2D eigenvalue weighted by Crippen LogP contribution is 2.31. The fourth-order valence-electron chi connectivity index (χ4n) is 3.33. The van der Waals surface area contributed by atoms with Crippen LogP contribution in [0.2, 0.25) is 0 Å². The van der Waals surface area contributed by atoms with Crippen LogP contribution in [0.1, 0.15) is 18.4 Å². The quantitative estimate of drug-likeness (QED) is 0.779. The Bertz CT molecular complexity index is 881. The van der Waals surface area contributed by atoms with Crippen LogP contribution in [0.5, 0.6) is 17.2 Å². The second-order valence-electron chi connectivity index (χ2n) is 7.06. The molecule has 4 rings (SSSR count). The van der Waals surface area contributed by atoms with Gasteiger partial charge in [-0.2, -0.15) is 0 Å². The summed E-state index contributed by atoms with van der Waals surface area (Å²) in [6.45, 7) is 0.963. The topological polar surface area (TPSA) is 78.4 Å². The number of nitrogens with zero attached hydrogens (tertiary/aromatic N) is 1. The van der Waals surface area contributed by atoms with Gasteiger partial charge in [-0.15, -0.1) is 0 Å². The van der Waals surface area contributed by atoms with Gasteiger partial charge in [-0.3, -0.25) is 4.79 Å². The maximum absolute atomic E-state index is 12.4. The first-order chi connectivity index (χ1) is 14.2. The average Bonchev–Trinajstić information content (AvgIpc) is 3.23. The molecule has 7 heteroatoms. The van der Waals surface area contributed by atoms with E-state index in [4.69, 9.17) is 19.0 Å². The van der Waals surface area contributed by atoms with Crippen molar-refractivity contribution in [2.45, 2.75) is 31.5 Å². The van der Waals surface area contributed by atoms with Crippen molar-refractivity contribution in [3.05, 3.63) is 54.1 Å². The standard InChI is InChI=1S/C22H24N2O5/c1-26-17-8-6-15(7-9-17)12-16-13-21(29-24-16)22(25)23-11-10-18-14-27-19-4-2-3-5-20(19)28-18/h2-9,18,21H,10-14H2,1H3,(H,23,25)/t18-,21-/m1/s1. The first-order valence-electron chi connectivity index (χ1n) is 9.72. The number of amides is 1. The van der Waals surface area contributed by atoms with Crippen molar-refractivity contribution in [1.29, 1.82) is 0 Å². The fraction of sp³-hybridized carbons (Fsp3) is 0.364. The van der Waals surface area contributed by atoms with Crippen molar-refractivity contribution in [2.75, 3.05) is 20.3 Å². The first-order valence-corrected chi connectivity index (χ1v) is 9.72. The summed E-state index contributed by atoms with van der Waals surface area (Å²) in [5, 5.41) is 6.98. The Morgan fingerprint density at radius 1 is 1.17 bits per heavy atom. The first kappa shape index (κ1) is 19.1. The second kappa shape index (κ2) is 8.86. The van der Waals surface area contributed by atoms with Crippen LogP contribution >= 0.6 is 0 Å². The van der Waals surface area contributed by atoms with Crippen LogP contribution in [0.15, 0.2) is 53.7 Å². The minimum Gasteiger partial charge on any atom is -0.497 e. The van der Waals surface area contributed by atoms with Gasteiger partial charge in [0.15, 0.2) is 11.5 Å². The lowest BCUT2D eigenvalue weighted by atomic mass is 10.0. The van der Waals surface area contributed by atoms with E-state index < -0.39 is 6.10 Å². The molecule has 0 bridgehead atoms. The highest BCUT2D eigenvalue weighted by Gasteiger charge is 2.28. The number of carbonyl (C=O) groups is 1. The van der Waals surface area contributed by atoms with Crippen molar-refractivity contribution in [1.82, 2.24) is 5.32 Å². The summed E-state index contributed by atoms with van der Waals surface area (Å²) in [5.41, 5.74) is 1.96. The summed E-state index contributed by atoms with van der Waals surface area (Å²) >= 11 is 0. The van der Waals surface area contributed by atoms with E-state index in [0.29, 0.717) is 32.4 Å². The van der Waals surface area contributed by atoms with Crippen molar-refractivity contribution >= 4 is 11.6 Å². The molecule has 2 atom stereocenters. The zero-order chi connectivity index (χ0) is 20.1.